The molecular weight excluding hydrogens is 364 g/mol. The predicted octanol–water partition coefficient (Wildman–Crippen LogP) is 1.98. The zero-order valence-corrected chi connectivity index (χ0v) is 17.7. The van der Waals surface area contributed by atoms with Crippen molar-refractivity contribution in [2.75, 3.05) is 57.8 Å². The second-order valence-corrected chi connectivity index (χ2v) is 8.77. The number of carbonyl (C=O) groups excluding carboxylic acids is 2. The standard InChI is InChI=1S/C23H34N4O2/c1-24(20-8-3-2-4-9-20)22(28)17-25-13-15-26(16-14-25)18-23(29)27-12-11-19-7-5-6-10-21(19)27/h5-7,10,20H,2-4,8-9,11-18H2,1H3. The van der Waals surface area contributed by atoms with Crippen molar-refractivity contribution in [3.63, 3.8) is 0 Å². The molecule has 4 rings (SSSR count). The lowest BCUT2D eigenvalue weighted by Gasteiger charge is -2.37. The Bertz CT molecular complexity index is 723. The average Bonchev–Trinajstić information content (AvgIpc) is 3.19. The van der Waals surface area contributed by atoms with Crippen molar-refractivity contribution >= 4 is 17.5 Å². The van der Waals surface area contributed by atoms with Gasteiger partial charge in [-0.25, -0.2) is 0 Å². The zero-order chi connectivity index (χ0) is 20.2. The van der Waals surface area contributed by atoms with Crippen molar-refractivity contribution < 1.29 is 9.59 Å². The van der Waals surface area contributed by atoms with Crippen molar-refractivity contribution in [1.82, 2.24) is 14.7 Å². The first-order valence-corrected chi connectivity index (χ1v) is 11.2. The highest BCUT2D eigenvalue weighted by molar-refractivity contribution is 5.96. The van der Waals surface area contributed by atoms with E-state index >= 15 is 0 Å². The Hall–Kier alpha value is -1.92. The summed E-state index contributed by atoms with van der Waals surface area (Å²) in [6, 6.07) is 8.64. The molecule has 2 aliphatic heterocycles. The number of piperazine rings is 1. The van der Waals surface area contributed by atoms with Gasteiger partial charge in [-0.1, -0.05) is 37.5 Å². The third-order valence-electron chi connectivity index (χ3n) is 6.89. The van der Waals surface area contributed by atoms with Crippen LogP contribution in [0.2, 0.25) is 0 Å². The first-order valence-electron chi connectivity index (χ1n) is 11.2. The largest absolute Gasteiger partial charge is 0.342 e. The molecule has 3 aliphatic rings. The van der Waals surface area contributed by atoms with Gasteiger partial charge in [-0.05, 0) is 30.9 Å². The number of fused-ring (bicyclic) bond motifs is 1. The van der Waals surface area contributed by atoms with E-state index in [-0.39, 0.29) is 11.8 Å². The van der Waals surface area contributed by atoms with E-state index in [0.717, 1.165) is 57.7 Å². The van der Waals surface area contributed by atoms with E-state index in [4.69, 9.17) is 0 Å². The number of para-hydroxylation sites is 1. The minimum absolute atomic E-state index is 0.191. The highest BCUT2D eigenvalue weighted by Crippen LogP contribution is 2.27. The first kappa shape index (κ1) is 20.4. The molecule has 1 saturated heterocycles. The molecule has 0 atom stereocenters. The van der Waals surface area contributed by atoms with Crippen LogP contribution in [0.1, 0.15) is 37.7 Å². The third-order valence-corrected chi connectivity index (χ3v) is 6.89. The van der Waals surface area contributed by atoms with Gasteiger partial charge in [-0.3, -0.25) is 19.4 Å². The predicted molar refractivity (Wildman–Crippen MR) is 115 cm³/mol. The van der Waals surface area contributed by atoms with Gasteiger partial charge >= 0.3 is 0 Å². The Kier molecular flexibility index (Phi) is 6.50. The van der Waals surface area contributed by atoms with Crippen LogP contribution in [-0.4, -0.2) is 85.4 Å². The van der Waals surface area contributed by atoms with Crippen molar-refractivity contribution in [3.8, 4) is 0 Å². The van der Waals surface area contributed by atoms with Crippen LogP contribution >= 0.6 is 0 Å². The minimum Gasteiger partial charge on any atom is -0.342 e. The number of benzene rings is 1. The highest BCUT2D eigenvalue weighted by Gasteiger charge is 2.28. The lowest BCUT2D eigenvalue weighted by Crippen LogP contribution is -2.52. The second-order valence-electron chi connectivity index (χ2n) is 8.77. The van der Waals surface area contributed by atoms with Crippen LogP contribution in [0.3, 0.4) is 0 Å². The maximum atomic E-state index is 12.8. The van der Waals surface area contributed by atoms with Crippen molar-refractivity contribution in [3.05, 3.63) is 29.8 Å². The van der Waals surface area contributed by atoms with E-state index < -0.39 is 0 Å². The van der Waals surface area contributed by atoms with Gasteiger partial charge in [0, 0.05) is 51.5 Å². The van der Waals surface area contributed by atoms with Gasteiger partial charge in [0.15, 0.2) is 0 Å². The maximum Gasteiger partial charge on any atom is 0.241 e. The molecule has 1 aromatic rings. The third kappa shape index (κ3) is 4.81. The first-order chi connectivity index (χ1) is 14.1. The summed E-state index contributed by atoms with van der Waals surface area (Å²) in [6.07, 6.45) is 7.05. The molecule has 2 amide bonds. The smallest absolute Gasteiger partial charge is 0.241 e. The lowest BCUT2D eigenvalue weighted by atomic mass is 9.94. The molecule has 0 radical (unpaired) electrons. The number of amides is 2. The Morgan fingerprint density at radius 3 is 2.31 bits per heavy atom. The summed E-state index contributed by atoms with van der Waals surface area (Å²) in [7, 11) is 1.97. The molecule has 2 heterocycles. The number of nitrogens with zero attached hydrogens (tertiary/aromatic N) is 4. The number of hydrogen-bond donors (Lipinski definition) is 0. The van der Waals surface area contributed by atoms with Gasteiger partial charge in [0.25, 0.3) is 0 Å². The number of carbonyl (C=O) groups is 2. The van der Waals surface area contributed by atoms with Crippen molar-refractivity contribution in [1.29, 1.82) is 0 Å². The molecule has 158 valence electrons. The van der Waals surface area contributed by atoms with Crippen LogP contribution in [0.15, 0.2) is 24.3 Å². The van der Waals surface area contributed by atoms with Crippen LogP contribution in [0.5, 0.6) is 0 Å². The SMILES string of the molecule is CN(C(=O)CN1CCN(CC(=O)N2CCc3ccccc32)CC1)C1CCCCC1. The summed E-state index contributed by atoms with van der Waals surface area (Å²) >= 11 is 0. The van der Waals surface area contributed by atoms with E-state index in [9.17, 15) is 9.59 Å². The molecule has 1 aromatic carbocycles. The fraction of sp³-hybridized carbons (Fsp3) is 0.652. The van der Waals surface area contributed by atoms with Crippen LogP contribution in [0, 0.1) is 0 Å². The van der Waals surface area contributed by atoms with E-state index in [1.165, 1.54) is 24.8 Å². The van der Waals surface area contributed by atoms with Gasteiger partial charge in [0.1, 0.15) is 0 Å². The van der Waals surface area contributed by atoms with E-state index in [1.807, 2.05) is 35.0 Å². The van der Waals surface area contributed by atoms with E-state index in [2.05, 4.69) is 15.9 Å². The minimum atomic E-state index is 0.191. The summed E-state index contributed by atoms with van der Waals surface area (Å²) < 4.78 is 0. The monoisotopic (exact) mass is 398 g/mol. The molecule has 0 bridgehead atoms. The zero-order valence-electron chi connectivity index (χ0n) is 17.7. The summed E-state index contributed by atoms with van der Waals surface area (Å²) in [5.74, 6) is 0.437. The fourth-order valence-corrected chi connectivity index (χ4v) is 4.95. The van der Waals surface area contributed by atoms with Crippen LogP contribution < -0.4 is 4.90 Å². The fourth-order valence-electron chi connectivity index (χ4n) is 4.95. The lowest BCUT2D eigenvalue weighted by molar-refractivity contribution is -0.134. The van der Waals surface area contributed by atoms with Gasteiger partial charge in [0.05, 0.1) is 13.1 Å². The highest BCUT2D eigenvalue weighted by atomic mass is 16.2. The summed E-state index contributed by atoms with van der Waals surface area (Å²) in [4.78, 5) is 33.9. The van der Waals surface area contributed by atoms with Crippen molar-refractivity contribution in [2.45, 2.75) is 44.6 Å². The molecule has 1 aliphatic carbocycles. The molecular formula is C23H34N4O2. The number of rotatable bonds is 5. The quantitative estimate of drug-likeness (QED) is 0.761. The van der Waals surface area contributed by atoms with Gasteiger partial charge in [-0.15, -0.1) is 0 Å². The molecule has 6 nitrogen and oxygen atoms in total. The summed E-state index contributed by atoms with van der Waals surface area (Å²) in [5, 5.41) is 0. The number of hydrogen-bond acceptors (Lipinski definition) is 4. The van der Waals surface area contributed by atoms with Crippen LogP contribution in [0.25, 0.3) is 0 Å². The van der Waals surface area contributed by atoms with E-state index in [0.29, 0.717) is 19.1 Å². The summed E-state index contributed by atoms with van der Waals surface area (Å²) in [6.45, 7) is 5.18. The molecule has 0 N–H and O–H groups in total. The Morgan fingerprint density at radius 1 is 0.931 bits per heavy atom. The van der Waals surface area contributed by atoms with Crippen molar-refractivity contribution in [2.24, 2.45) is 0 Å². The Balaban J connectivity index is 1.21. The maximum absolute atomic E-state index is 12.8. The molecule has 1 saturated carbocycles. The van der Waals surface area contributed by atoms with Crippen LogP contribution in [-0.2, 0) is 16.0 Å². The number of likely N-dealkylation sites (N-methyl/N-ethyl adjacent to an activating group) is 1. The van der Waals surface area contributed by atoms with Crippen LogP contribution in [0.4, 0.5) is 5.69 Å². The number of anilines is 1. The van der Waals surface area contributed by atoms with Gasteiger partial charge in [0.2, 0.25) is 11.8 Å². The average molecular weight is 399 g/mol. The molecule has 0 aromatic heterocycles. The Morgan fingerprint density at radius 2 is 1.59 bits per heavy atom. The Labute approximate surface area is 174 Å². The van der Waals surface area contributed by atoms with Gasteiger partial charge < -0.3 is 9.80 Å². The summed E-state index contributed by atoms with van der Waals surface area (Å²) in [5.41, 5.74) is 2.35. The molecule has 6 heteroatoms. The molecule has 2 fully saturated rings. The van der Waals surface area contributed by atoms with Gasteiger partial charge in [-0.2, -0.15) is 0 Å². The molecule has 0 spiro atoms. The molecule has 0 unspecified atom stereocenters. The van der Waals surface area contributed by atoms with E-state index in [1.54, 1.807) is 0 Å². The topological polar surface area (TPSA) is 47.1 Å². The molecule has 29 heavy (non-hydrogen) atoms. The second kappa shape index (κ2) is 9.26. The normalized spacial score (nSPS) is 21.2.